The van der Waals surface area contributed by atoms with Gasteiger partial charge in [0.05, 0.1) is 6.61 Å². The first-order valence-electron chi connectivity index (χ1n) is 6.04. The van der Waals surface area contributed by atoms with Gasteiger partial charge in [0.2, 0.25) is 0 Å². The molecular weight excluding hydrogens is 214 g/mol. The standard InChI is InChI=1S/C14H21NO2/c1-5-17-14(16)9-15-13-8-12(10(2)3)7-6-11(13)4/h6-8,10,15H,5,9H2,1-4H3. The van der Waals surface area contributed by atoms with Gasteiger partial charge >= 0.3 is 5.97 Å². The van der Waals surface area contributed by atoms with Crippen molar-refractivity contribution in [1.29, 1.82) is 0 Å². The average molecular weight is 235 g/mol. The number of esters is 1. The van der Waals surface area contributed by atoms with E-state index in [9.17, 15) is 4.79 Å². The van der Waals surface area contributed by atoms with Crippen LogP contribution >= 0.6 is 0 Å². The van der Waals surface area contributed by atoms with Crippen molar-refractivity contribution in [2.75, 3.05) is 18.5 Å². The zero-order valence-electron chi connectivity index (χ0n) is 11.0. The highest BCUT2D eigenvalue weighted by molar-refractivity contribution is 5.75. The van der Waals surface area contributed by atoms with E-state index >= 15 is 0 Å². The molecule has 1 aromatic rings. The highest BCUT2D eigenvalue weighted by Gasteiger charge is 2.06. The molecule has 1 N–H and O–H groups in total. The third-order valence-electron chi connectivity index (χ3n) is 2.66. The van der Waals surface area contributed by atoms with Crippen LogP contribution in [0.25, 0.3) is 0 Å². The SMILES string of the molecule is CCOC(=O)CNc1cc(C(C)C)ccc1C. The van der Waals surface area contributed by atoms with Crippen molar-refractivity contribution < 1.29 is 9.53 Å². The second-order valence-corrected chi connectivity index (χ2v) is 4.39. The lowest BCUT2D eigenvalue weighted by atomic mass is 10.0. The average Bonchev–Trinajstić information content (AvgIpc) is 2.28. The highest BCUT2D eigenvalue weighted by atomic mass is 16.5. The van der Waals surface area contributed by atoms with Crippen LogP contribution in [-0.4, -0.2) is 19.1 Å². The Morgan fingerprint density at radius 1 is 1.41 bits per heavy atom. The molecule has 0 amide bonds. The third-order valence-corrected chi connectivity index (χ3v) is 2.66. The third kappa shape index (κ3) is 4.10. The minimum atomic E-state index is -0.221. The molecule has 0 bridgehead atoms. The Balaban J connectivity index is 2.69. The molecule has 0 saturated heterocycles. The van der Waals surface area contributed by atoms with Crippen LogP contribution < -0.4 is 5.32 Å². The molecule has 0 heterocycles. The zero-order chi connectivity index (χ0) is 12.8. The van der Waals surface area contributed by atoms with Crippen LogP contribution in [0, 0.1) is 6.92 Å². The summed E-state index contributed by atoms with van der Waals surface area (Å²) in [4.78, 5) is 11.3. The largest absolute Gasteiger partial charge is 0.465 e. The van der Waals surface area contributed by atoms with Gasteiger partial charge in [0.1, 0.15) is 6.54 Å². The number of carbonyl (C=O) groups is 1. The molecule has 0 fully saturated rings. The van der Waals surface area contributed by atoms with Crippen molar-refractivity contribution in [2.45, 2.75) is 33.6 Å². The maximum Gasteiger partial charge on any atom is 0.325 e. The lowest BCUT2D eigenvalue weighted by Gasteiger charge is -2.12. The summed E-state index contributed by atoms with van der Waals surface area (Å²) in [6.45, 7) is 8.78. The predicted octanol–water partition coefficient (Wildman–Crippen LogP) is 3.09. The first kappa shape index (κ1) is 13.6. The summed E-state index contributed by atoms with van der Waals surface area (Å²) < 4.78 is 4.88. The normalized spacial score (nSPS) is 10.4. The molecule has 0 unspecified atom stereocenters. The van der Waals surface area contributed by atoms with E-state index in [0.29, 0.717) is 12.5 Å². The maximum absolute atomic E-state index is 11.3. The van der Waals surface area contributed by atoms with E-state index in [1.165, 1.54) is 5.56 Å². The number of hydrogen-bond donors (Lipinski definition) is 1. The van der Waals surface area contributed by atoms with Gasteiger partial charge in [-0.15, -0.1) is 0 Å². The fraction of sp³-hybridized carbons (Fsp3) is 0.500. The van der Waals surface area contributed by atoms with Crippen LogP contribution in [0.4, 0.5) is 5.69 Å². The maximum atomic E-state index is 11.3. The molecule has 1 rings (SSSR count). The van der Waals surface area contributed by atoms with E-state index < -0.39 is 0 Å². The van der Waals surface area contributed by atoms with Crippen molar-refractivity contribution in [3.8, 4) is 0 Å². The van der Waals surface area contributed by atoms with Crippen molar-refractivity contribution in [2.24, 2.45) is 0 Å². The fourth-order valence-electron chi connectivity index (χ4n) is 1.57. The molecule has 0 spiro atoms. The molecule has 94 valence electrons. The lowest BCUT2D eigenvalue weighted by molar-refractivity contribution is -0.140. The van der Waals surface area contributed by atoms with Gasteiger partial charge in [-0.25, -0.2) is 0 Å². The van der Waals surface area contributed by atoms with Gasteiger partial charge in [-0.3, -0.25) is 4.79 Å². The number of ether oxygens (including phenoxy) is 1. The molecular formula is C14H21NO2. The van der Waals surface area contributed by atoms with Gasteiger partial charge in [-0.05, 0) is 37.0 Å². The second kappa shape index (κ2) is 6.28. The minimum absolute atomic E-state index is 0.218. The Morgan fingerprint density at radius 2 is 2.12 bits per heavy atom. The number of benzene rings is 1. The molecule has 0 saturated carbocycles. The van der Waals surface area contributed by atoms with Crippen molar-refractivity contribution in [3.05, 3.63) is 29.3 Å². The summed E-state index contributed by atoms with van der Waals surface area (Å²) in [7, 11) is 0. The fourth-order valence-corrected chi connectivity index (χ4v) is 1.57. The van der Waals surface area contributed by atoms with E-state index in [4.69, 9.17) is 4.74 Å². The predicted molar refractivity (Wildman–Crippen MR) is 70.4 cm³/mol. The topological polar surface area (TPSA) is 38.3 Å². The van der Waals surface area contributed by atoms with E-state index in [1.807, 2.05) is 13.8 Å². The Bertz CT molecular complexity index is 386. The Labute approximate surface area is 103 Å². The monoisotopic (exact) mass is 235 g/mol. The molecule has 3 heteroatoms. The zero-order valence-corrected chi connectivity index (χ0v) is 11.0. The molecule has 0 aliphatic heterocycles. The van der Waals surface area contributed by atoms with Gasteiger partial charge in [-0.1, -0.05) is 26.0 Å². The molecule has 3 nitrogen and oxygen atoms in total. The summed E-state index contributed by atoms with van der Waals surface area (Å²) in [5.74, 6) is 0.264. The van der Waals surface area contributed by atoms with Crippen molar-refractivity contribution >= 4 is 11.7 Å². The van der Waals surface area contributed by atoms with Crippen LogP contribution in [0.3, 0.4) is 0 Å². The van der Waals surface area contributed by atoms with Gasteiger partial charge in [0, 0.05) is 5.69 Å². The van der Waals surface area contributed by atoms with Crippen LogP contribution in [0.1, 0.15) is 37.8 Å². The number of nitrogens with one attached hydrogen (secondary N) is 1. The molecule has 1 aromatic carbocycles. The Kier molecular flexibility index (Phi) is 5.01. The molecule has 0 aliphatic rings. The Hall–Kier alpha value is -1.51. The Morgan fingerprint density at radius 3 is 2.71 bits per heavy atom. The smallest absolute Gasteiger partial charge is 0.325 e. The second-order valence-electron chi connectivity index (χ2n) is 4.39. The van der Waals surface area contributed by atoms with Crippen LogP contribution in [0.15, 0.2) is 18.2 Å². The molecule has 0 radical (unpaired) electrons. The highest BCUT2D eigenvalue weighted by Crippen LogP contribution is 2.22. The number of aryl methyl sites for hydroxylation is 1. The van der Waals surface area contributed by atoms with Gasteiger partial charge in [0.15, 0.2) is 0 Å². The molecule has 0 atom stereocenters. The summed E-state index contributed by atoms with van der Waals surface area (Å²) in [6, 6.07) is 6.29. The van der Waals surface area contributed by atoms with Crippen LogP contribution in [0.5, 0.6) is 0 Å². The van der Waals surface area contributed by atoms with Gasteiger partial charge in [-0.2, -0.15) is 0 Å². The van der Waals surface area contributed by atoms with E-state index in [-0.39, 0.29) is 12.5 Å². The van der Waals surface area contributed by atoms with Crippen LogP contribution in [-0.2, 0) is 9.53 Å². The summed E-state index contributed by atoms with van der Waals surface area (Å²) >= 11 is 0. The number of carbonyl (C=O) groups excluding carboxylic acids is 1. The minimum Gasteiger partial charge on any atom is -0.465 e. The number of anilines is 1. The molecule has 0 aromatic heterocycles. The van der Waals surface area contributed by atoms with E-state index in [0.717, 1.165) is 11.3 Å². The summed E-state index contributed by atoms with van der Waals surface area (Å²) in [5.41, 5.74) is 3.41. The first-order chi connectivity index (χ1) is 8.04. The van der Waals surface area contributed by atoms with Crippen molar-refractivity contribution in [3.63, 3.8) is 0 Å². The summed E-state index contributed by atoms with van der Waals surface area (Å²) in [5, 5.41) is 3.12. The number of rotatable bonds is 5. The van der Waals surface area contributed by atoms with E-state index in [2.05, 4.69) is 37.4 Å². The van der Waals surface area contributed by atoms with Gasteiger partial charge < -0.3 is 10.1 Å². The van der Waals surface area contributed by atoms with Gasteiger partial charge in [0.25, 0.3) is 0 Å². The van der Waals surface area contributed by atoms with Crippen LogP contribution in [0.2, 0.25) is 0 Å². The first-order valence-corrected chi connectivity index (χ1v) is 6.04. The van der Waals surface area contributed by atoms with Crippen molar-refractivity contribution in [1.82, 2.24) is 0 Å². The molecule has 17 heavy (non-hydrogen) atoms. The van der Waals surface area contributed by atoms with E-state index in [1.54, 1.807) is 0 Å². The molecule has 0 aliphatic carbocycles. The quantitative estimate of drug-likeness (QED) is 0.797. The summed E-state index contributed by atoms with van der Waals surface area (Å²) in [6.07, 6.45) is 0. The number of hydrogen-bond acceptors (Lipinski definition) is 3. The lowest BCUT2D eigenvalue weighted by Crippen LogP contribution is -2.17.